The van der Waals surface area contributed by atoms with Crippen LogP contribution in [0.3, 0.4) is 0 Å². The van der Waals surface area contributed by atoms with Gasteiger partial charge >= 0.3 is 0 Å². The van der Waals surface area contributed by atoms with Gasteiger partial charge in [0.25, 0.3) is 5.91 Å². The maximum atomic E-state index is 12.3. The molecule has 0 aliphatic carbocycles. The monoisotopic (exact) mass is 443 g/mol. The van der Waals surface area contributed by atoms with Crippen molar-refractivity contribution in [2.24, 2.45) is 4.99 Å². The average molecular weight is 444 g/mol. The second-order valence-corrected chi connectivity index (χ2v) is 7.26. The van der Waals surface area contributed by atoms with Crippen LogP contribution in [0.15, 0.2) is 56.8 Å². The number of nitrogens with zero attached hydrogens (tertiary/aromatic N) is 2. The van der Waals surface area contributed by atoms with Crippen LogP contribution in [-0.4, -0.2) is 24.8 Å². The van der Waals surface area contributed by atoms with E-state index in [4.69, 9.17) is 14.7 Å². The molecule has 1 saturated heterocycles. The second-order valence-electron chi connectivity index (χ2n) is 5.31. The molecule has 0 saturated carbocycles. The zero-order valence-electron chi connectivity index (χ0n) is 14.2. The number of nitriles is 1. The zero-order valence-corrected chi connectivity index (χ0v) is 16.6. The minimum absolute atomic E-state index is 0.0681. The van der Waals surface area contributed by atoms with Gasteiger partial charge < -0.3 is 14.8 Å². The molecule has 0 atom stereocenters. The third-order valence-electron chi connectivity index (χ3n) is 3.50. The van der Waals surface area contributed by atoms with E-state index in [0.717, 1.165) is 10.2 Å². The number of carbonyl (C=O) groups excluding carboxylic acids is 1. The molecule has 1 N–H and O–H groups in total. The van der Waals surface area contributed by atoms with Gasteiger partial charge in [-0.1, -0.05) is 15.9 Å². The van der Waals surface area contributed by atoms with Crippen LogP contribution in [0, 0.1) is 11.3 Å². The fourth-order valence-electron chi connectivity index (χ4n) is 2.27. The highest BCUT2D eigenvalue weighted by atomic mass is 79.9. The summed E-state index contributed by atoms with van der Waals surface area (Å²) in [4.78, 5) is 17.2. The molecule has 6 nitrogen and oxygen atoms in total. The van der Waals surface area contributed by atoms with E-state index in [1.54, 1.807) is 31.4 Å². The van der Waals surface area contributed by atoms with Crippen molar-refractivity contribution >= 4 is 50.5 Å². The van der Waals surface area contributed by atoms with Crippen molar-refractivity contribution in [2.75, 3.05) is 13.7 Å². The van der Waals surface area contributed by atoms with E-state index in [-0.39, 0.29) is 12.5 Å². The third kappa shape index (κ3) is 4.90. The largest absolute Gasteiger partial charge is 0.497 e. The molecule has 1 amide bonds. The number of nitrogens with one attached hydrogen (secondary N) is 1. The first-order valence-corrected chi connectivity index (χ1v) is 9.43. The first-order chi connectivity index (χ1) is 13.1. The van der Waals surface area contributed by atoms with E-state index in [9.17, 15) is 4.79 Å². The minimum Gasteiger partial charge on any atom is -0.497 e. The van der Waals surface area contributed by atoms with Crippen molar-refractivity contribution < 1.29 is 14.3 Å². The number of amidine groups is 1. The van der Waals surface area contributed by atoms with Crippen LogP contribution in [0.25, 0.3) is 6.08 Å². The Labute approximate surface area is 169 Å². The summed E-state index contributed by atoms with van der Waals surface area (Å²) in [5.74, 6) is 1.03. The first kappa shape index (κ1) is 19.0. The molecule has 1 aliphatic heterocycles. The van der Waals surface area contributed by atoms with Crippen LogP contribution < -0.4 is 14.8 Å². The SMILES string of the molecule is COc1ccc(N=C2NC(=O)/C(=C\c3cc(Br)ccc3OCC#N)S2)cc1. The number of thioether (sulfide) groups is 1. The number of hydrogen-bond donors (Lipinski definition) is 1. The number of methoxy groups -OCH3 is 1. The van der Waals surface area contributed by atoms with Gasteiger partial charge in [-0.3, -0.25) is 4.79 Å². The van der Waals surface area contributed by atoms with Gasteiger partial charge in [0.2, 0.25) is 0 Å². The summed E-state index contributed by atoms with van der Waals surface area (Å²) in [7, 11) is 1.60. The van der Waals surface area contributed by atoms with Crippen LogP contribution in [0.4, 0.5) is 5.69 Å². The molecular formula is C19H14BrN3O3S. The number of benzene rings is 2. The van der Waals surface area contributed by atoms with Gasteiger partial charge in [0.05, 0.1) is 17.7 Å². The summed E-state index contributed by atoms with van der Waals surface area (Å²) in [5, 5.41) is 12.0. The lowest BCUT2D eigenvalue weighted by atomic mass is 10.2. The lowest BCUT2D eigenvalue weighted by Gasteiger charge is -2.07. The van der Waals surface area contributed by atoms with Crippen LogP contribution in [0.5, 0.6) is 11.5 Å². The lowest BCUT2D eigenvalue weighted by molar-refractivity contribution is -0.115. The molecule has 0 spiro atoms. The van der Waals surface area contributed by atoms with E-state index in [0.29, 0.717) is 27.1 Å². The van der Waals surface area contributed by atoms with Gasteiger partial charge in [-0.2, -0.15) is 5.26 Å². The van der Waals surface area contributed by atoms with Crippen molar-refractivity contribution in [3.63, 3.8) is 0 Å². The molecule has 0 bridgehead atoms. The van der Waals surface area contributed by atoms with Crippen molar-refractivity contribution in [3.8, 4) is 17.6 Å². The highest BCUT2D eigenvalue weighted by Crippen LogP contribution is 2.32. The summed E-state index contributed by atoms with van der Waals surface area (Å²) >= 11 is 4.65. The fourth-order valence-corrected chi connectivity index (χ4v) is 3.48. The lowest BCUT2D eigenvalue weighted by Crippen LogP contribution is -2.19. The van der Waals surface area contributed by atoms with Crippen LogP contribution >= 0.6 is 27.7 Å². The van der Waals surface area contributed by atoms with Crippen LogP contribution in [-0.2, 0) is 4.79 Å². The number of carbonyl (C=O) groups is 1. The molecule has 136 valence electrons. The van der Waals surface area contributed by atoms with Gasteiger partial charge in [-0.25, -0.2) is 4.99 Å². The standard InChI is InChI=1S/C19H14BrN3O3S/c1-25-15-5-3-14(4-6-15)22-19-23-18(24)17(27-19)11-12-10-13(20)2-7-16(12)26-9-8-21/h2-7,10-11H,9H2,1H3,(H,22,23,24)/b17-11+. The number of ether oxygens (including phenoxy) is 2. The normalized spacial score (nSPS) is 16.3. The highest BCUT2D eigenvalue weighted by molar-refractivity contribution is 9.10. The minimum atomic E-state index is -0.238. The first-order valence-electron chi connectivity index (χ1n) is 7.82. The molecule has 3 rings (SSSR count). The van der Waals surface area contributed by atoms with E-state index < -0.39 is 0 Å². The number of aliphatic imine (C=N–C) groups is 1. The summed E-state index contributed by atoms with van der Waals surface area (Å²) in [6, 6.07) is 14.5. The second kappa shape index (κ2) is 8.75. The fraction of sp³-hybridized carbons (Fsp3) is 0.105. The molecule has 1 fully saturated rings. The van der Waals surface area contributed by atoms with E-state index in [1.807, 2.05) is 30.3 Å². The van der Waals surface area contributed by atoms with Gasteiger partial charge in [-0.05, 0) is 60.3 Å². The number of halogens is 1. The molecular weight excluding hydrogens is 430 g/mol. The van der Waals surface area contributed by atoms with Gasteiger partial charge in [0.15, 0.2) is 11.8 Å². The van der Waals surface area contributed by atoms with Crippen molar-refractivity contribution in [1.82, 2.24) is 5.32 Å². The Hall–Kier alpha value is -2.76. The van der Waals surface area contributed by atoms with E-state index in [2.05, 4.69) is 26.2 Å². The van der Waals surface area contributed by atoms with Crippen molar-refractivity contribution in [2.45, 2.75) is 0 Å². The van der Waals surface area contributed by atoms with Crippen LogP contribution in [0.2, 0.25) is 0 Å². The maximum absolute atomic E-state index is 12.3. The molecule has 8 heteroatoms. The summed E-state index contributed by atoms with van der Waals surface area (Å²) in [6.07, 6.45) is 1.72. The Kier molecular flexibility index (Phi) is 6.16. The number of rotatable bonds is 5. The van der Waals surface area contributed by atoms with Crippen molar-refractivity contribution in [3.05, 3.63) is 57.4 Å². The molecule has 0 aromatic heterocycles. The summed E-state index contributed by atoms with van der Waals surface area (Å²) in [6.45, 7) is -0.0681. The highest BCUT2D eigenvalue weighted by Gasteiger charge is 2.24. The molecule has 0 unspecified atom stereocenters. The van der Waals surface area contributed by atoms with E-state index >= 15 is 0 Å². The van der Waals surface area contributed by atoms with Crippen LogP contribution in [0.1, 0.15) is 5.56 Å². The quantitative estimate of drug-likeness (QED) is 0.698. The molecule has 0 radical (unpaired) electrons. The summed E-state index contributed by atoms with van der Waals surface area (Å²) < 4.78 is 11.4. The molecule has 1 aliphatic rings. The summed E-state index contributed by atoms with van der Waals surface area (Å²) in [5.41, 5.74) is 1.41. The Morgan fingerprint density at radius 3 is 2.78 bits per heavy atom. The Morgan fingerprint density at radius 1 is 1.30 bits per heavy atom. The maximum Gasteiger partial charge on any atom is 0.264 e. The predicted molar refractivity (Wildman–Crippen MR) is 109 cm³/mol. The molecule has 2 aromatic rings. The average Bonchev–Trinajstić information content (AvgIpc) is 3.00. The zero-order chi connectivity index (χ0) is 19.2. The van der Waals surface area contributed by atoms with Gasteiger partial charge in [-0.15, -0.1) is 0 Å². The number of hydrogen-bond acceptors (Lipinski definition) is 6. The Balaban J connectivity index is 1.84. The van der Waals surface area contributed by atoms with Gasteiger partial charge in [0, 0.05) is 10.0 Å². The molecule has 27 heavy (non-hydrogen) atoms. The third-order valence-corrected chi connectivity index (χ3v) is 4.91. The topological polar surface area (TPSA) is 83.7 Å². The number of amides is 1. The van der Waals surface area contributed by atoms with Crippen molar-refractivity contribution in [1.29, 1.82) is 5.26 Å². The van der Waals surface area contributed by atoms with Gasteiger partial charge in [0.1, 0.15) is 17.6 Å². The van der Waals surface area contributed by atoms with E-state index in [1.165, 1.54) is 11.8 Å². The predicted octanol–water partition coefficient (Wildman–Crippen LogP) is 4.25. The Bertz CT molecular complexity index is 965. The Morgan fingerprint density at radius 2 is 2.07 bits per heavy atom. The molecule has 1 heterocycles. The molecule has 2 aromatic carbocycles. The smallest absolute Gasteiger partial charge is 0.264 e.